The fourth-order valence-corrected chi connectivity index (χ4v) is 2.84. The summed E-state index contributed by atoms with van der Waals surface area (Å²) in [6.45, 7) is 1.91. The number of rotatable bonds is 5. The number of nitrogens with one attached hydrogen (secondary N) is 2. The van der Waals surface area contributed by atoms with E-state index in [-0.39, 0.29) is 18.6 Å². The second-order valence-corrected chi connectivity index (χ2v) is 6.45. The maximum absolute atomic E-state index is 13.5. The molecule has 2 heterocycles. The molecule has 2 N–H and O–H groups in total. The Morgan fingerprint density at radius 1 is 1.03 bits per heavy atom. The standard InChI is InChI=1S/C20H17F3N4O3/c1-11-3-5-13(28-2)8-15(11)26-19-24-9-14(20(21,22)23)18(27-19)25-12-4-6-16-17(7-12)30-10-29-16/h3-9H,10H2,1-2H3,(H2,24,25,26,27). The molecule has 0 spiro atoms. The van der Waals surface area contributed by atoms with Crippen molar-refractivity contribution in [3.8, 4) is 17.2 Å². The number of aromatic nitrogens is 2. The van der Waals surface area contributed by atoms with Gasteiger partial charge in [-0.3, -0.25) is 0 Å². The summed E-state index contributed by atoms with van der Waals surface area (Å²) in [4.78, 5) is 7.88. The van der Waals surface area contributed by atoms with Crippen molar-refractivity contribution in [2.24, 2.45) is 0 Å². The second-order valence-electron chi connectivity index (χ2n) is 6.45. The van der Waals surface area contributed by atoms with Crippen LogP contribution in [0, 0.1) is 6.92 Å². The van der Waals surface area contributed by atoms with Gasteiger partial charge in [0.2, 0.25) is 12.7 Å². The zero-order valence-corrected chi connectivity index (χ0v) is 16.0. The van der Waals surface area contributed by atoms with Crippen molar-refractivity contribution >= 4 is 23.1 Å². The molecule has 0 saturated carbocycles. The van der Waals surface area contributed by atoms with E-state index in [1.165, 1.54) is 7.11 Å². The van der Waals surface area contributed by atoms with E-state index < -0.39 is 11.7 Å². The molecule has 1 aliphatic heterocycles. The largest absolute Gasteiger partial charge is 0.497 e. The van der Waals surface area contributed by atoms with Gasteiger partial charge in [0.25, 0.3) is 0 Å². The molecule has 0 fully saturated rings. The number of hydrogen-bond donors (Lipinski definition) is 2. The Morgan fingerprint density at radius 2 is 1.83 bits per heavy atom. The highest BCUT2D eigenvalue weighted by Gasteiger charge is 2.35. The molecule has 7 nitrogen and oxygen atoms in total. The number of aryl methyl sites for hydroxylation is 1. The predicted molar refractivity (Wildman–Crippen MR) is 104 cm³/mol. The maximum Gasteiger partial charge on any atom is 0.421 e. The van der Waals surface area contributed by atoms with Gasteiger partial charge < -0.3 is 24.8 Å². The van der Waals surface area contributed by atoms with Crippen molar-refractivity contribution in [2.45, 2.75) is 13.1 Å². The second kappa shape index (κ2) is 7.62. The van der Waals surface area contributed by atoms with Gasteiger partial charge in [0.15, 0.2) is 11.5 Å². The minimum atomic E-state index is -4.64. The smallest absolute Gasteiger partial charge is 0.421 e. The van der Waals surface area contributed by atoms with Crippen LogP contribution in [0.3, 0.4) is 0 Å². The Balaban J connectivity index is 1.68. The molecule has 0 aliphatic carbocycles. The first-order chi connectivity index (χ1) is 14.3. The zero-order chi connectivity index (χ0) is 21.3. The van der Waals surface area contributed by atoms with Crippen molar-refractivity contribution in [2.75, 3.05) is 24.5 Å². The lowest BCUT2D eigenvalue weighted by molar-refractivity contribution is -0.137. The third-order valence-electron chi connectivity index (χ3n) is 4.42. The van der Waals surface area contributed by atoms with Crippen LogP contribution < -0.4 is 24.8 Å². The van der Waals surface area contributed by atoms with E-state index in [1.807, 2.05) is 13.0 Å². The number of nitrogens with zero attached hydrogens (tertiary/aromatic N) is 2. The lowest BCUT2D eigenvalue weighted by atomic mass is 10.2. The van der Waals surface area contributed by atoms with Crippen molar-refractivity contribution in [1.82, 2.24) is 9.97 Å². The number of alkyl halides is 3. The van der Waals surface area contributed by atoms with Gasteiger partial charge >= 0.3 is 6.18 Å². The fourth-order valence-electron chi connectivity index (χ4n) is 2.84. The average molecular weight is 418 g/mol. The normalized spacial score (nSPS) is 12.6. The molecule has 0 saturated heterocycles. The van der Waals surface area contributed by atoms with E-state index in [1.54, 1.807) is 30.3 Å². The molecular weight excluding hydrogens is 401 g/mol. The van der Waals surface area contributed by atoms with Gasteiger partial charge in [-0.15, -0.1) is 0 Å². The van der Waals surface area contributed by atoms with Gasteiger partial charge in [-0.1, -0.05) is 6.07 Å². The van der Waals surface area contributed by atoms with Crippen LogP contribution in [0.15, 0.2) is 42.6 Å². The molecule has 10 heteroatoms. The van der Waals surface area contributed by atoms with Gasteiger partial charge in [0.05, 0.1) is 7.11 Å². The molecule has 3 aromatic rings. The van der Waals surface area contributed by atoms with Gasteiger partial charge in [0.1, 0.15) is 17.1 Å². The minimum Gasteiger partial charge on any atom is -0.497 e. The number of fused-ring (bicyclic) bond motifs is 1. The molecule has 0 unspecified atom stereocenters. The summed E-state index contributed by atoms with van der Waals surface area (Å²) in [5, 5.41) is 5.64. The summed E-state index contributed by atoms with van der Waals surface area (Å²) in [5.74, 6) is 1.17. The Bertz CT molecular complexity index is 1090. The van der Waals surface area contributed by atoms with Gasteiger partial charge in [-0.05, 0) is 30.7 Å². The SMILES string of the molecule is COc1ccc(C)c(Nc2ncc(C(F)(F)F)c(Nc3ccc4c(c3)OCO4)n2)c1. The summed E-state index contributed by atoms with van der Waals surface area (Å²) < 4.78 is 56.2. The monoisotopic (exact) mass is 418 g/mol. The van der Waals surface area contributed by atoms with Gasteiger partial charge in [-0.2, -0.15) is 18.2 Å². The van der Waals surface area contributed by atoms with Crippen molar-refractivity contribution in [1.29, 1.82) is 0 Å². The molecule has 30 heavy (non-hydrogen) atoms. The first-order valence-electron chi connectivity index (χ1n) is 8.86. The molecule has 0 radical (unpaired) electrons. The maximum atomic E-state index is 13.5. The lowest BCUT2D eigenvalue weighted by Gasteiger charge is -2.16. The topological polar surface area (TPSA) is 77.5 Å². The molecule has 0 atom stereocenters. The Labute approximate surface area is 169 Å². The highest BCUT2D eigenvalue weighted by molar-refractivity contribution is 5.67. The van der Waals surface area contributed by atoms with E-state index in [9.17, 15) is 13.2 Å². The van der Waals surface area contributed by atoms with E-state index in [2.05, 4.69) is 20.6 Å². The Morgan fingerprint density at radius 3 is 2.60 bits per heavy atom. The number of methoxy groups -OCH3 is 1. The van der Waals surface area contributed by atoms with Crippen molar-refractivity contribution in [3.63, 3.8) is 0 Å². The first-order valence-corrected chi connectivity index (χ1v) is 8.86. The predicted octanol–water partition coefficient (Wildman–Crippen LogP) is 5.03. The summed E-state index contributed by atoms with van der Waals surface area (Å²) in [6, 6.07) is 10.0. The average Bonchev–Trinajstić information content (AvgIpc) is 3.17. The first kappa shape index (κ1) is 19.6. The summed E-state index contributed by atoms with van der Waals surface area (Å²) >= 11 is 0. The lowest BCUT2D eigenvalue weighted by Crippen LogP contribution is -2.12. The Kier molecular flexibility index (Phi) is 4.98. The van der Waals surface area contributed by atoms with Crippen LogP contribution in [-0.2, 0) is 6.18 Å². The van der Waals surface area contributed by atoms with Crippen molar-refractivity contribution in [3.05, 3.63) is 53.7 Å². The molecular formula is C20H17F3N4O3. The number of hydrogen-bond acceptors (Lipinski definition) is 7. The molecule has 156 valence electrons. The Hall–Kier alpha value is -3.69. The summed E-state index contributed by atoms with van der Waals surface area (Å²) in [7, 11) is 1.52. The van der Waals surface area contributed by atoms with Crippen LogP contribution in [-0.4, -0.2) is 23.9 Å². The van der Waals surface area contributed by atoms with Gasteiger partial charge in [-0.25, -0.2) is 4.98 Å². The van der Waals surface area contributed by atoms with Crippen LogP contribution in [0.5, 0.6) is 17.2 Å². The van der Waals surface area contributed by atoms with E-state index >= 15 is 0 Å². The molecule has 0 amide bonds. The molecule has 1 aromatic heterocycles. The minimum absolute atomic E-state index is 0.00240. The van der Waals surface area contributed by atoms with Crippen LogP contribution in [0.4, 0.5) is 36.3 Å². The van der Waals surface area contributed by atoms with Crippen LogP contribution in [0.2, 0.25) is 0 Å². The van der Waals surface area contributed by atoms with E-state index in [0.717, 1.165) is 11.8 Å². The van der Waals surface area contributed by atoms with Crippen LogP contribution >= 0.6 is 0 Å². The number of ether oxygens (including phenoxy) is 3. The quantitative estimate of drug-likeness (QED) is 0.602. The highest BCUT2D eigenvalue weighted by Crippen LogP contribution is 2.38. The third-order valence-corrected chi connectivity index (χ3v) is 4.42. The van der Waals surface area contributed by atoms with E-state index in [0.29, 0.717) is 28.6 Å². The highest BCUT2D eigenvalue weighted by atomic mass is 19.4. The number of anilines is 4. The fraction of sp³-hybridized carbons (Fsp3) is 0.200. The molecule has 0 bridgehead atoms. The number of benzene rings is 2. The zero-order valence-electron chi connectivity index (χ0n) is 16.0. The molecule has 2 aromatic carbocycles. The summed E-state index contributed by atoms with van der Waals surface area (Å²) in [6.07, 6.45) is -3.90. The molecule has 4 rings (SSSR count). The van der Waals surface area contributed by atoms with Gasteiger partial charge in [0, 0.05) is 29.7 Å². The third kappa shape index (κ3) is 4.02. The number of halogens is 3. The van der Waals surface area contributed by atoms with Crippen molar-refractivity contribution < 1.29 is 27.4 Å². The van der Waals surface area contributed by atoms with Crippen LogP contribution in [0.25, 0.3) is 0 Å². The molecule has 1 aliphatic rings. The summed E-state index contributed by atoms with van der Waals surface area (Å²) in [5.41, 5.74) is 0.841. The van der Waals surface area contributed by atoms with E-state index in [4.69, 9.17) is 14.2 Å². The van der Waals surface area contributed by atoms with Crippen LogP contribution in [0.1, 0.15) is 11.1 Å².